The van der Waals surface area contributed by atoms with Crippen molar-refractivity contribution in [3.8, 4) is 6.01 Å². The van der Waals surface area contributed by atoms with Gasteiger partial charge in [0.05, 0.1) is 18.8 Å². The van der Waals surface area contributed by atoms with Crippen molar-refractivity contribution in [3.63, 3.8) is 0 Å². The number of nitrogens with zero attached hydrogens (tertiary/aromatic N) is 3. The zero-order chi connectivity index (χ0) is 12.5. The first-order valence-electron chi connectivity index (χ1n) is 6.39. The Morgan fingerprint density at radius 3 is 3.06 bits per heavy atom. The largest absolute Gasteiger partial charge is 0.467 e. The predicted molar refractivity (Wildman–Crippen MR) is 69.7 cm³/mol. The fourth-order valence-corrected chi connectivity index (χ4v) is 2.64. The zero-order valence-corrected chi connectivity index (χ0v) is 10.8. The van der Waals surface area contributed by atoms with E-state index in [0.29, 0.717) is 12.1 Å². The van der Waals surface area contributed by atoms with E-state index in [4.69, 9.17) is 4.74 Å². The summed E-state index contributed by atoms with van der Waals surface area (Å²) in [5, 5.41) is 3.56. The highest BCUT2D eigenvalue weighted by molar-refractivity contribution is 5.79. The molecular formula is C13H18N4O. The Morgan fingerprint density at radius 2 is 2.33 bits per heavy atom. The Kier molecular flexibility index (Phi) is 2.91. The number of nitrogens with one attached hydrogen (secondary N) is 1. The smallest absolute Gasteiger partial charge is 0.316 e. The van der Waals surface area contributed by atoms with Crippen LogP contribution < -0.4 is 10.1 Å². The Balaban J connectivity index is 2.09. The van der Waals surface area contributed by atoms with Crippen molar-refractivity contribution in [3.05, 3.63) is 18.0 Å². The Bertz CT molecular complexity index is 557. The molecule has 1 atom stereocenters. The second-order valence-electron chi connectivity index (χ2n) is 4.79. The Labute approximate surface area is 106 Å². The van der Waals surface area contributed by atoms with Gasteiger partial charge in [0, 0.05) is 24.8 Å². The quantitative estimate of drug-likeness (QED) is 0.877. The molecular weight excluding hydrogens is 228 g/mol. The van der Waals surface area contributed by atoms with Crippen molar-refractivity contribution in [2.45, 2.75) is 25.3 Å². The number of aryl methyl sites for hydroxylation is 1. The van der Waals surface area contributed by atoms with Gasteiger partial charge in [-0.15, -0.1) is 0 Å². The zero-order valence-electron chi connectivity index (χ0n) is 10.8. The topological polar surface area (TPSA) is 52.0 Å². The Morgan fingerprint density at radius 1 is 1.44 bits per heavy atom. The number of aromatic nitrogens is 3. The molecule has 0 aliphatic carbocycles. The molecule has 0 spiro atoms. The van der Waals surface area contributed by atoms with Crippen LogP contribution in [0.25, 0.3) is 11.0 Å². The second-order valence-corrected chi connectivity index (χ2v) is 4.79. The van der Waals surface area contributed by atoms with Crippen molar-refractivity contribution < 1.29 is 4.74 Å². The molecule has 1 aliphatic heterocycles. The SMILES string of the molecule is COc1ncc2c(n1)c(C1CCCCN1)cn2C. The van der Waals surface area contributed by atoms with Crippen molar-refractivity contribution in [1.82, 2.24) is 19.9 Å². The second kappa shape index (κ2) is 4.57. The van der Waals surface area contributed by atoms with Crippen LogP contribution in [0.15, 0.2) is 12.4 Å². The molecule has 5 nitrogen and oxygen atoms in total. The van der Waals surface area contributed by atoms with Crippen LogP contribution in [0.1, 0.15) is 30.9 Å². The molecule has 1 aliphatic rings. The lowest BCUT2D eigenvalue weighted by molar-refractivity contribution is 0.381. The van der Waals surface area contributed by atoms with E-state index >= 15 is 0 Å². The fraction of sp³-hybridized carbons (Fsp3) is 0.538. The van der Waals surface area contributed by atoms with E-state index in [-0.39, 0.29) is 0 Å². The molecule has 2 aromatic heterocycles. The first kappa shape index (κ1) is 11.5. The van der Waals surface area contributed by atoms with Gasteiger partial charge < -0.3 is 14.6 Å². The summed E-state index contributed by atoms with van der Waals surface area (Å²) in [7, 11) is 3.63. The van der Waals surface area contributed by atoms with Gasteiger partial charge in [0.15, 0.2) is 0 Å². The van der Waals surface area contributed by atoms with Crippen LogP contribution in [0.4, 0.5) is 0 Å². The van der Waals surface area contributed by atoms with E-state index in [1.54, 1.807) is 7.11 Å². The molecule has 3 rings (SSSR count). The molecule has 0 bridgehead atoms. The molecule has 1 fully saturated rings. The number of fused-ring (bicyclic) bond motifs is 1. The van der Waals surface area contributed by atoms with Crippen molar-refractivity contribution >= 4 is 11.0 Å². The molecule has 2 aromatic rings. The first-order valence-corrected chi connectivity index (χ1v) is 6.39. The standard InChI is InChI=1S/C13H18N4O/c1-17-8-9(10-5-3-4-6-14-10)12-11(17)7-15-13(16-12)18-2/h7-8,10,14H,3-6H2,1-2H3. The molecule has 1 saturated heterocycles. The molecule has 0 radical (unpaired) electrons. The van der Waals surface area contributed by atoms with Crippen LogP contribution in [0.2, 0.25) is 0 Å². The maximum atomic E-state index is 5.12. The lowest BCUT2D eigenvalue weighted by atomic mass is 9.99. The number of ether oxygens (including phenoxy) is 1. The maximum Gasteiger partial charge on any atom is 0.316 e. The van der Waals surface area contributed by atoms with Gasteiger partial charge >= 0.3 is 6.01 Å². The Hall–Kier alpha value is -1.62. The van der Waals surface area contributed by atoms with Gasteiger partial charge in [-0.3, -0.25) is 0 Å². The van der Waals surface area contributed by atoms with E-state index in [1.165, 1.54) is 24.8 Å². The predicted octanol–water partition coefficient (Wildman–Crippen LogP) is 1.79. The van der Waals surface area contributed by atoms with E-state index in [9.17, 15) is 0 Å². The summed E-state index contributed by atoms with van der Waals surface area (Å²) in [5.41, 5.74) is 3.31. The van der Waals surface area contributed by atoms with Crippen molar-refractivity contribution in [1.29, 1.82) is 0 Å². The van der Waals surface area contributed by atoms with Gasteiger partial charge in [0.25, 0.3) is 0 Å². The lowest BCUT2D eigenvalue weighted by Crippen LogP contribution is -2.26. The third-order valence-electron chi connectivity index (χ3n) is 3.60. The molecule has 5 heteroatoms. The van der Waals surface area contributed by atoms with Gasteiger partial charge in [-0.1, -0.05) is 6.42 Å². The van der Waals surface area contributed by atoms with Crippen LogP contribution in [0.5, 0.6) is 6.01 Å². The van der Waals surface area contributed by atoms with Crippen LogP contribution in [-0.2, 0) is 7.05 Å². The molecule has 0 saturated carbocycles. The lowest BCUT2D eigenvalue weighted by Gasteiger charge is -2.22. The van der Waals surface area contributed by atoms with E-state index in [2.05, 4.69) is 26.0 Å². The summed E-state index contributed by atoms with van der Waals surface area (Å²) in [6, 6.07) is 0.841. The molecule has 0 aromatic carbocycles. The number of rotatable bonds is 2. The van der Waals surface area contributed by atoms with E-state index in [0.717, 1.165) is 17.6 Å². The average molecular weight is 246 g/mol. The summed E-state index contributed by atoms with van der Waals surface area (Å²) in [6.45, 7) is 1.09. The molecule has 96 valence electrons. The van der Waals surface area contributed by atoms with Crippen molar-refractivity contribution in [2.75, 3.05) is 13.7 Å². The highest BCUT2D eigenvalue weighted by atomic mass is 16.5. The number of hydrogen-bond donors (Lipinski definition) is 1. The average Bonchev–Trinajstić information content (AvgIpc) is 2.76. The minimum Gasteiger partial charge on any atom is -0.467 e. The third kappa shape index (κ3) is 1.84. The summed E-state index contributed by atoms with van der Waals surface area (Å²) in [6.07, 6.45) is 7.69. The van der Waals surface area contributed by atoms with Crippen LogP contribution in [0, 0.1) is 0 Å². The minimum atomic E-state index is 0.405. The van der Waals surface area contributed by atoms with E-state index in [1.807, 2.05) is 13.2 Å². The molecule has 1 unspecified atom stereocenters. The summed E-state index contributed by atoms with van der Waals surface area (Å²) in [5.74, 6) is 0. The molecule has 1 N–H and O–H groups in total. The minimum absolute atomic E-state index is 0.405. The maximum absolute atomic E-state index is 5.12. The highest BCUT2D eigenvalue weighted by Gasteiger charge is 2.20. The number of piperidine rings is 1. The number of methoxy groups -OCH3 is 1. The van der Waals surface area contributed by atoms with Crippen LogP contribution in [-0.4, -0.2) is 28.2 Å². The van der Waals surface area contributed by atoms with Crippen LogP contribution in [0.3, 0.4) is 0 Å². The van der Waals surface area contributed by atoms with Crippen molar-refractivity contribution in [2.24, 2.45) is 7.05 Å². The van der Waals surface area contributed by atoms with Gasteiger partial charge in [-0.2, -0.15) is 4.98 Å². The first-order chi connectivity index (χ1) is 8.79. The van der Waals surface area contributed by atoms with Gasteiger partial charge in [0.1, 0.15) is 5.52 Å². The third-order valence-corrected chi connectivity index (χ3v) is 3.60. The summed E-state index contributed by atoms with van der Waals surface area (Å²) < 4.78 is 7.21. The fourth-order valence-electron chi connectivity index (χ4n) is 2.64. The van der Waals surface area contributed by atoms with E-state index < -0.39 is 0 Å². The molecule has 0 amide bonds. The van der Waals surface area contributed by atoms with Gasteiger partial charge in [-0.05, 0) is 19.4 Å². The van der Waals surface area contributed by atoms with Gasteiger partial charge in [-0.25, -0.2) is 4.98 Å². The summed E-state index contributed by atoms with van der Waals surface area (Å²) in [4.78, 5) is 8.67. The van der Waals surface area contributed by atoms with Gasteiger partial charge in [0.2, 0.25) is 0 Å². The summed E-state index contributed by atoms with van der Waals surface area (Å²) >= 11 is 0. The highest BCUT2D eigenvalue weighted by Crippen LogP contribution is 2.29. The molecule has 3 heterocycles. The molecule has 18 heavy (non-hydrogen) atoms. The normalized spacial score (nSPS) is 20.2. The van der Waals surface area contributed by atoms with Crippen LogP contribution >= 0.6 is 0 Å². The number of hydrogen-bond acceptors (Lipinski definition) is 4. The monoisotopic (exact) mass is 246 g/mol.